The molecule has 0 saturated carbocycles. The van der Waals surface area contributed by atoms with Gasteiger partial charge in [-0.15, -0.1) is 0 Å². The number of rotatable bonds is 5. The zero-order valence-corrected chi connectivity index (χ0v) is 15.9. The molecule has 2 aromatic carbocycles. The molecule has 0 aromatic heterocycles. The lowest BCUT2D eigenvalue weighted by molar-refractivity contribution is -0.117. The highest BCUT2D eigenvalue weighted by Crippen LogP contribution is 2.28. The van der Waals surface area contributed by atoms with Crippen LogP contribution in [-0.4, -0.2) is 34.5 Å². The number of methoxy groups -OCH3 is 1. The van der Waals surface area contributed by atoms with E-state index in [0.717, 1.165) is 28.8 Å². The second-order valence-corrected chi connectivity index (χ2v) is 8.07. The molecule has 0 atom stereocenters. The van der Waals surface area contributed by atoms with E-state index >= 15 is 0 Å². The van der Waals surface area contributed by atoms with Crippen LogP contribution < -0.4 is 14.4 Å². The van der Waals surface area contributed by atoms with Crippen molar-refractivity contribution >= 4 is 21.6 Å². The number of hydrogen-bond acceptors (Lipinski definition) is 4. The molecule has 3 rings (SSSR count). The SMILES string of the molecule is COc1cc(C)c(C)cc1S(=O)(=O)NCC(=O)N1CCc2ccccc21. The molecule has 0 fully saturated rings. The summed E-state index contributed by atoms with van der Waals surface area (Å²) in [6.07, 6.45) is 0.777. The number of amides is 1. The zero-order chi connectivity index (χ0) is 18.9. The summed E-state index contributed by atoms with van der Waals surface area (Å²) in [7, 11) is -2.44. The number of benzene rings is 2. The van der Waals surface area contributed by atoms with Gasteiger partial charge in [-0.2, -0.15) is 0 Å². The number of hydrogen-bond donors (Lipinski definition) is 1. The smallest absolute Gasteiger partial charge is 0.244 e. The van der Waals surface area contributed by atoms with Crippen LogP contribution in [0.2, 0.25) is 0 Å². The van der Waals surface area contributed by atoms with Gasteiger partial charge >= 0.3 is 0 Å². The fraction of sp³-hybridized carbons (Fsp3) is 0.316. The maximum absolute atomic E-state index is 12.7. The Morgan fingerprint density at radius 3 is 2.62 bits per heavy atom. The van der Waals surface area contributed by atoms with Crippen molar-refractivity contribution in [2.75, 3.05) is 25.1 Å². The van der Waals surface area contributed by atoms with Crippen LogP contribution in [0.4, 0.5) is 5.69 Å². The van der Waals surface area contributed by atoms with Gasteiger partial charge in [-0.05, 0) is 55.2 Å². The van der Waals surface area contributed by atoms with Gasteiger partial charge in [0, 0.05) is 12.2 Å². The second kappa shape index (κ2) is 7.09. The number of aryl methyl sites for hydroxylation is 2. The largest absolute Gasteiger partial charge is 0.495 e. The summed E-state index contributed by atoms with van der Waals surface area (Å²) >= 11 is 0. The van der Waals surface area contributed by atoms with E-state index < -0.39 is 10.0 Å². The lowest BCUT2D eigenvalue weighted by Crippen LogP contribution is -2.39. The Hall–Kier alpha value is -2.38. The minimum Gasteiger partial charge on any atom is -0.495 e. The van der Waals surface area contributed by atoms with Crippen LogP contribution in [0.3, 0.4) is 0 Å². The average molecular weight is 374 g/mol. The minimum absolute atomic E-state index is 0.0396. The van der Waals surface area contributed by atoms with Crippen molar-refractivity contribution in [2.24, 2.45) is 0 Å². The number of carbonyl (C=O) groups excluding carboxylic acids is 1. The number of nitrogens with zero attached hydrogens (tertiary/aromatic N) is 1. The van der Waals surface area contributed by atoms with Crippen LogP contribution in [0.15, 0.2) is 41.3 Å². The lowest BCUT2D eigenvalue weighted by atomic mass is 10.1. The van der Waals surface area contributed by atoms with Gasteiger partial charge in [0.15, 0.2) is 0 Å². The summed E-state index contributed by atoms with van der Waals surface area (Å²) in [5.41, 5.74) is 3.72. The maximum atomic E-state index is 12.7. The van der Waals surface area contributed by atoms with Gasteiger partial charge in [0.25, 0.3) is 0 Å². The number of sulfonamides is 1. The summed E-state index contributed by atoms with van der Waals surface area (Å²) in [6, 6.07) is 10.9. The maximum Gasteiger partial charge on any atom is 0.244 e. The monoisotopic (exact) mass is 374 g/mol. The van der Waals surface area contributed by atoms with Crippen molar-refractivity contribution < 1.29 is 17.9 Å². The molecule has 2 aromatic rings. The van der Waals surface area contributed by atoms with E-state index in [1.54, 1.807) is 17.0 Å². The number of para-hydroxylation sites is 1. The third-order valence-electron chi connectivity index (χ3n) is 4.67. The number of carbonyl (C=O) groups is 1. The van der Waals surface area contributed by atoms with Gasteiger partial charge in [0.1, 0.15) is 10.6 Å². The van der Waals surface area contributed by atoms with E-state index in [9.17, 15) is 13.2 Å². The Labute approximate surface area is 153 Å². The molecule has 138 valence electrons. The first-order valence-electron chi connectivity index (χ1n) is 8.36. The van der Waals surface area contributed by atoms with Crippen molar-refractivity contribution in [1.82, 2.24) is 4.72 Å². The molecular formula is C19H22N2O4S. The normalized spacial score (nSPS) is 13.6. The molecule has 6 nitrogen and oxygen atoms in total. The van der Waals surface area contributed by atoms with Gasteiger partial charge in [0.05, 0.1) is 13.7 Å². The predicted molar refractivity (Wildman–Crippen MR) is 100 cm³/mol. The van der Waals surface area contributed by atoms with E-state index in [-0.39, 0.29) is 23.1 Å². The van der Waals surface area contributed by atoms with Crippen LogP contribution in [0.1, 0.15) is 16.7 Å². The van der Waals surface area contributed by atoms with Crippen molar-refractivity contribution in [1.29, 1.82) is 0 Å². The fourth-order valence-electron chi connectivity index (χ4n) is 3.06. The van der Waals surface area contributed by atoms with Gasteiger partial charge in [-0.1, -0.05) is 18.2 Å². The molecule has 26 heavy (non-hydrogen) atoms. The molecule has 1 aliphatic heterocycles. The number of anilines is 1. The molecule has 7 heteroatoms. The van der Waals surface area contributed by atoms with Gasteiger partial charge in [0.2, 0.25) is 15.9 Å². The topological polar surface area (TPSA) is 75.7 Å². The Morgan fingerprint density at radius 1 is 1.19 bits per heavy atom. The van der Waals surface area contributed by atoms with E-state index in [0.29, 0.717) is 6.54 Å². The number of ether oxygens (including phenoxy) is 1. The van der Waals surface area contributed by atoms with Crippen LogP contribution in [0, 0.1) is 13.8 Å². The van der Waals surface area contributed by atoms with Crippen molar-refractivity contribution in [3.05, 3.63) is 53.1 Å². The summed E-state index contributed by atoms with van der Waals surface area (Å²) in [6.45, 7) is 3.98. The molecule has 0 bridgehead atoms. The molecule has 0 unspecified atom stereocenters. The Kier molecular flexibility index (Phi) is 5.02. The molecule has 1 heterocycles. The van der Waals surface area contributed by atoms with E-state index in [4.69, 9.17) is 4.74 Å². The highest BCUT2D eigenvalue weighted by molar-refractivity contribution is 7.89. The number of nitrogens with one attached hydrogen (secondary N) is 1. The Morgan fingerprint density at radius 2 is 1.88 bits per heavy atom. The summed E-state index contributed by atoms with van der Waals surface area (Å²) in [5.74, 6) is -0.0131. The van der Waals surface area contributed by atoms with Crippen molar-refractivity contribution in [3.63, 3.8) is 0 Å². The first-order valence-corrected chi connectivity index (χ1v) is 9.85. The van der Waals surface area contributed by atoms with Crippen LogP contribution in [0.5, 0.6) is 5.75 Å². The third kappa shape index (κ3) is 3.45. The first kappa shape index (κ1) is 18.4. The predicted octanol–water partition coefficient (Wildman–Crippen LogP) is 2.18. The first-order chi connectivity index (χ1) is 12.3. The average Bonchev–Trinajstić information content (AvgIpc) is 3.05. The third-order valence-corrected chi connectivity index (χ3v) is 6.09. The van der Waals surface area contributed by atoms with E-state index in [1.807, 2.05) is 38.1 Å². The molecule has 1 aliphatic rings. The summed E-state index contributed by atoms with van der Waals surface area (Å²) in [4.78, 5) is 14.2. The quantitative estimate of drug-likeness (QED) is 0.870. The fourth-order valence-corrected chi connectivity index (χ4v) is 4.27. The van der Waals surface area contributed by atoms with Gasteiger partial charge < -0.3 is 9.64 Å². The Bertz CT molecular complexity index is 954. The molecule has 0 spiro atoms. The molecule has 0 radical (unpaired) electrons. The molecule has 1 amide bonds. The molecular weight excluding hydrogens is 352 g/mol. The van der Waals surface area contributed by atoms with Gasteiger partial charge in [-0.3, -0.25) is 4.79 Å². The standard InChI is InChI=1S/C19H22N2O4S/c1-13-10-17(25-3)18(11-14(13)2)26(23,24)20-12-19(22)21-9-8-15-6-4-5-7-16(15)21/h4-7,10-11,20H,8-9,12H2,1-3H3. The van der Waals surface area contributed by atoms with Gasteiger partial charge in [-0.25, -0.2) is 13.1 Å². The van der Waals surface area contributed by atoms with E-state index in [1.165, 1.54) is 7.11 Å². The van der Waals surface area contributed by atoms with E-state index in [2.05, 4.69) is 4.72 Å². The highest BCUT2D eigenvalue weighted by atomic mass is 32.2. The molecule has 1 N–H and O–H groups in total. The highest BCUT2D eigenvalue weighted by Gasteiger charge is 2.26. The van der Waals surface area contributed by atoms with Crippen LogP contribution in [0.25, 0.3) is 0 Å². The van der Waals surface area contributed by atoms with Crippen molar-refractivity contribution in [2.45, 2.75) is 25.2 Å². The molecule has 0 aliphatic carbocycles. The van der Waals surface area contributed by atoms with Crippen molar-refractivity contribution in [3.8, 4) is 5.75 Å². The minimum atomic E-state index is -3.87. The Balaban J connectivity index is 1.77. The second-order valence-electron chi connectivity index (χ2n) is 6.34. The zero-order valence-electron chi connectivity index (χ0n) is 15.1. The van der Waals surface area contributed by atoms with Crippen LogP contribution >= 0.6 is 0 Å². The van der Waals surface area contributed by atoms with Crippen LogP contribution in [-0.2, 0) is 21.2 Å². The number of fused-ring (bicyclic) bond motifs is 1. The lowest BCUT2D eigenvalue weighted by Gasteiger charge is -2.18. The summed E-state index contributed by atoms with van der Waals surface area (Å²) in [5, 5.41) is 0. The summed E-state index contributed by atoms with van der Waals surface area (Å²) < 4.78 is 33.0. The molecule has 0 saturated heterocycles.